The standard InChI is InChI=1S/C21H13Cl3N4O3S/c1-31-21-16-9-12(11-25-20(16)26-27-21)5-6-15-17(23)7-8-18(19(15)24)28-32(29,30)14-4-2-3-13(22)10-14/h2-4,7-11,28H,1H3,(H,25,26,27). The number of benzene rings is 2. The van der Waals surface area contributed by atoms with Gasteiger partial charge >= 0.3 is 0 Å². The van der Waals surface area contributed by atoms with Crippen LogP contribution in [0.4, 0.5) is 5.69 Å². The van der Waals surface area contributed by atoms with E-state index in [1.165, 1.54) is 37.4 Å². The average molecular weight is 508 g/mol. The van der Waals surface area contributed by atoms with Gasteiger partial charge in [0.15, 0.2) is 5.65 Å². The Bertz CT molecular complexity index is 1510. The average Bonchev–Trinajstić information content (AvgIpc) is 3.18. The van der Waals surface area contributed by atoms with Crippen LogP contribution in [-0.4, -0.2) is 30.7 Å². The van der Waals surface area contributed by atoms with Crippen molar-refractivity contribution in [3.05, 3.63) is 74.9 Å². The predicted octanol–water partition coefficient (Wildman–Crippen LogP) is 5.13. The van der Waals surface area contributed by atoms with E-state index < -0.39 is 10.0 Å². The summed E-state index contributed by atoms with van der Waals surface area (Å²) in [7, 11) is -2.42. The molecule has 0 aliphatic carbocycles. The highest BCUT2D eigenvalue weighted by Gasteiger charge is 2.18. The van der Waals surface area contributed by atoms with Crippen LogP contribution in [0.5, 0.6) is 5.88 Å². The number of anilines is 1. The second-order valence-corrected chi connectivity index (χ2v) is 9.35. The van der Waals surface area contributed by atoms with E-state index in [-0.39, 0.29) is 26.2 Å². The summed E-state index contributed by atoms with van der Waals surface area (Å²) in [4.78, 5) is 4.24. The van der Waals surface area contributed by atoms with Gasteiger partial charge in [-0.15, -0.1) is 5.10 Å². The molecule has 2 N–H and O–H groups in total. The van der Waals surface area contributed by atoms with Crippen LogP contribution in [0.1, 0.15) is 11.1 Å². The first kappa shape index (κ1) is 22.2. The molecule has 7 nitrogen and oxygen atoms in total. The molecule has 0 bridgehead atoms. The van der Waals surface area contributed by atoms with Gasteiger partial charge in [-0.1, -0.05) is 52.7 Å². The molecule has 2 aromatic carbocycles. The molecule has 11 heteroatoms. The maximum absolute atomic E-state index is 12.7. The summed E-state index contributed by atoms with van der Waals surface area (Å²) in [5.41, 5.74) is 1.51. The number of rotatable bonds is 4. The highest BCUT2D eigenvalue weighted by molar-refractivity contribution is 7.92. The van der Waals surface area contributed by atoms with Crippen LogP contribution in [0.2, 0.25) is 15.1 Å². The Labute approximate surface area is 198 Å². The molecule has 0 spiro atoms. The fourth-order valence-corrected chi connectivity index (χ4v) is 4.76. The Hall–Kier alpha value is -2.96. The Morgan fingerprint density at radius 3 is 2.66 bits per heavy atom. The monoisotopic (exact) mass is 506 g/mol. The number of halogens is 3. The van der Waals surface area contributed by atoms with Crippen LogP contribution >= 0.6 is 34.8 Å². The summed E-state index contributed by atoms with van der Waals surface area (Å²) in [6, 6.07) is 10.6. The van der Waals surface area contributed by atoms with Gasteiger partial charge in [0.2, 0.25) is 5.88 Å². The summed E-state index contributed by atoms with van der Waals surface area (Å²) in [6.07, 6.45) is 1.56. The summed E-state index contributed by atoms with van der Waals surface area (Å²) >= 11 is 18.6. The number of sulfonamides is 1. The number of aromatic nitrogens is 3. The quantitative estimate of drug-likeness (QED) is 0.373. The number of hydrogen-bond acceptors (Lipinski definition) is 5. The molecule has 0 saturated carbocycles. The first-order valence-corrected chi connectivity index (χ1v) is 11.6. The maximum atomic E-state index is 12.7. The van der Waals surface area contributed by atoms with Crippen molar-refractivity contribution in [1.29, 1.82) is 0 Å². The fraction of sp³-hybridized carbons (Fsp3) is 0.0476. The van der Waals surface area contributed by atoms with Gasteiger partial charge in [-0.2, -0.15) is 0 Å². The van der Waals surface area contributed by atoms with Crippen molar-refractivity contribution < 1.29 is 13.2 Å². The maximum Gasteiger partial charge on any atom is 0.261 e. The largest absolute Gasteiger partial charge is 0.479 e. The molecule has 0 radical (unpaired) electrons. The number of aromatic amines is 1. The molecule has 2 heterocycles. The van der Waals surface area contributed by atoms with Crippen molar-refractivity contribution in [2.24, 2.45) is 0 Å². The summed E-state index contributed by atoms with van der Waals surface area (Å²) < 4.78 is 33.1. The molecule has 4 rings (SSSR count). The van der Waals surface area contributed by atoms with Gasteiger partial charge in [-0.05, 0) is 36.4 Å². The van der Waals surface area contributed by atoms with Crippen LogP contribution in [0.3, 0.4) is 0 Å². The number of ether oxygens (including phenoxy) is 1. The SMILES string of the molecule is COc1n[nH]c2ncc(C#Cc3c(Cl)ccc(NS(=O)(=O)c4cccc(Cl)c4)c3Cl)cc12. The summed E-state index contributed by atoms with van der Waals surface area (Å²) in [5.74, 6) is 6.21. The van der Waals surface area contributed by atoms with Gasteiger partial charge in [0.05, 0.1) is 38.7 Å². The summed E-state index contributed by atoms with van der Waals surface area (Å²) in [5, 5.41) is 8.05. The van der Waals surface area contributed by atoms with E-state index in [0.29, 0.717) is 27.5 Å². The molecule has 0 saturated heterocycles. The molecule has 0 aliphatic rings. The van der Waals surface area contributed by atoms with Crippen molar-refractivity contribution in [2.45, 2.75) is 4.90 Å². The molecule has 2 aromatic heterocycles. The van der Waals surface area contributed by atoms with E-state index in [9.17, 15) is 8.42 Å². The number of fused-ring (bicyclic) bond motifs is 1. The molecule has 4 aromatic rings. The van der Waals surface area contributed by atoms with Crippen molar-refractivity contribution in [3.8, 4) is 17.7 Å². The first-order valence-electron chi connectivity index (χ1n) is 8.95. The highest BCUT2D eigenvalue weighted by Crippen LogP contribution is 2.33. The van der Waals surface area contributed by atoms with Crippen LogP contribution in [-0.2, 0) is 10.0 Å². The van der Waals surface area contributed by atoms with Gasteiger partial charge in [-0.25, -0.2) is 13.4 Å². The molecule has 32 heavy (non-hydrogen) atoms. The number of H-pyrrole nitrogens is 1. The molecule has 0 fully saturated rings. The van der Waals surface area contributed by atoms with Crippen LogP contribution < -0.4 is 9.46 Å². The molecule has 0 unspecified atom stereocenters. The Balaban J connectivity index is 1.69. The fourth-order valence-electron chi connectivity index (χ4n) is 2.82. The van der Waals surface area contributed by atoms with Crippen molar-refractivity contribution in [3.63, 3.8) is 0 Å². The number of nitrogens with one attached hydrogen (secondary N) is 2. The first-order chi connectivity index (χ1) is 15.3. The van der Waals surface area contributed by atoms with E-state index >= 15 is 0 Å². The third-order valence-corrected chi connectivity index (χ3v) is 6.65. The second kappa shape index (κ2) is 8.88. The molecular formula is C21H13Cl3N4O3S. The molecule has 162 valence electrons. The van der Waals surface area contributed by atoms with Crippen molar-refractivity contribution >= 4 is 61.5 Å². The zero-order chi connectivity index (χ0) is 22.9. The number of methoxy groups -OCH3 is 1. The summed E-state index contributed by atoms with van der Waals surface area (Å²) in [6.45, 7) is 0. The van der Waals surface area contributed by atoms with Gasteiger partial charge in [0, 0.05) is 16.8 Å². The Morgan fingerprint density at radius 1 is 1.09 bits per heavy atom. The minimum atomic E-state index is -3.93. The second-order valence-electron chi connectivity index (χ2n) is 6.45. The third kappa shape index (κ3) is 4.47. The van der Waals surface area contributed by atoms with E-state index in [1.54, 1.807) is 18.3 Å². The third-order valence-electron chi connectivity index (χ3n) is 4.35. The Morgan fingerprint density at radius 2 is 1.91 bits per heavy atom. The smallest absolute Gasteiger partial charge is 0.261 e. The van der Waals surface area contributed by atoms with E-state index in [1.807, 2.05) is 0 Å². The van der Waals surface area contributed by atoms with Gasteiger partial charge in [0.1, 0.15) is 0 Å². The van der Waals surface area contributed by atoms with Crippen LogP contribution in [0, 0.1) is 11.8 Å². The minimum Gasteiger partial charge on any atom is -0.479 e. The normalized spacial score (nSPS) is 11.1. The highest BCUT2D eigenvalue weighted by atomic mass is 35.5. The van der Waals surface area contributed by atoms with Gasteiger partial charge in [-0.3, -0.25) is 9.82 Å². The van der Waals surface area contributed by atoms with E-state index in [0.717, 1.165) is 0 Å². The number of hydrogen-bond donors (Lipinski definition) is 2. The molecule has 0 atom stereocenters. The van der Waals surface area contributed by atoms with Crippen molar-refractivity contribution in [1.82, 2.24) is 15.2 Å². The van der Waals surface area contributed by atoms with Gasteiger partial charge in [0.25, 0.3) is 10.0 Å². The molecule has 0 amide bonds. The zero-order valence-corrected chi connectivity index (χ0v) is 19.4. The molecule has 0 aliphatic heterocycles. The lowest BCUT2D eigenvalue weighted by molar-refractivity contribution is 0.401. The van der Waals surface area contributed by atoms with Gasteiger partial charge < -0.3 is 4.74 Å². The van der Waals surface area contributed by atoms with Crippen LogP contribution in [0.25, 0.3) is 11.0 Å². The number of pyridine rings is 1. The van der Waals surface area contributed by atoms with Crippen LogP contribution in [0.15, 0.2) is 53.6 Å². The lowest BCUT2D eigenvalue weighted by atomic mass is 10.1. The van der Waals surface area contributed by atoms with E-state index in [2.05, 4.69) is 31.7 Å². The van der Waals surface area contributed by atoms with Crippen molar-refractivity contribution in [2.75, 3.05) is 11.8 Å². The minimum absolute atomic E-state index is 0.00270. The predicted molar refractivity (Wildman–Crippen MR) is 125 cm³/mol. The topological polar surface area (TPSA) is 97.0 Å². The zero-order valence-electron chi connectivity index (χ0n) is 16.3. The number of nitrogens with zero attached hydrogens (tertiary/aromatic N) is 2. The van der Waals surface area contributed by atoms with E-state index in [4.69, 9.17) is 39.5 Å². The lowest BCUT2D eigenvalue weighted by Crippen LogP contribution is -2.13. The lowest BCUT2D eigenvalue weighted by Gasteiger charge is -2.11. The Kier molecular flexibility index (Phi) is 6.17. The molecular weight excluding hydrogens is 495 g/mol.